The van der Waals surface area contributed by atoms with Crippen LogP contribution in [0.2, 0.25) is 0 Å². The van der Waals surface area contributed by atoms with Gasteiger partial charge in [0.25, 0.3) is 5.91 Å². The summed E-state index contributed by atoms with van der Waals surface area (Å²) in [6, 6.07) is 21.6. The molecular formula is C21H16FN3OS. The number of nitrogens with zero attached hydrogens (tertiary/aromatic N) is 3. The van der Waals surface area contributed by atoms with Gasteiger partial charge in [-0.2, -0.15) is 4.99 Å². The van der Waals surface area contributed by atoms with Crippen LogP contribution in [0.3, 0.4) is 0 Å². The molecule has 4 rings (SSSR count). The first kappa shape index (κ1) is 17.4. The lowest BCUT2D eigenvalue weighted by atomic mass is 10.1. The number of anilines is 2. The molecule has 2 aromatic carbocycles. The van der Waals surface area contributed by atoms with E-state index < -0.39 is 0 Å². The minimum atomic E-state index is -0.333. The van der Waals surface area contributed by atoms with Crippen molar-refractivity contribution in [3.05, 3.63) is 90.4 Å². The summed E-state index contributed by atoms with van der Waals surface area (Å²) >= 11 is 1.41. The van der Waals surface area contributed by atoms with Crippen molar-refractivity contribution >= 4 is 34.3 Å². The Morgan fingerprint density at radius 1 is 0.963 bits per heavy atom. The van der Waals surface area contributed by atoms with E-state index in [1.807, 2.05) is 53.4 Å². The van der Waals surface area contributed by atoms with Gasteiger partial charge in [-0.3, -0.25) is 9.69 Å². The average molecular weight is 377 g/mol. The Balaban J connectivity index is 1.61. The quantitative estimate of drug-likeness (QED) is 0.667. The number of amidine groups is 1. The molecular weight excluding hydrogens is 361 g/mol. The average Bonchev–Trinajstić information content (AvgIpc) is 3.05. The van der Waals surface area contributed by atoms with Gasteiger partial charge in [0.1, 0.15) is 11.6 Å². The maximum Gasteiger partial charge on any atom is 0.262 e. The van der Waals surface area contributed by atoms with E-state index in [-0.39, 0.29) is 17.0 Å². The van der Waals surface area contributed by atoms with E-state index >= 15 is 0 Å². The number of para-hydroxylation sites is 1. The Bertz CT molecular complexity index is 922. The van der Waals surface area contributed by atoms with Gasteiger partial charge < -0.3 is 0 Å². The van der Waals surface area contributed by atoms with Crippen LogP contribution in [0, 0.1) is 5.82 Å². The summed E-state index contributed by atoms with van der Waals surface area (Å²) in [6.45, 7) is 0. The second-order valence-electron chi connectivity index (χ2n) is 6.03. The van der Waals surface area contributed by atoms with Gasteiger partial charge in [0.2, 0.25) is 0 Å². The van der Waals surface area contributed by atoms with Crippen LogP contribution in [0.4, 0.5) is 15.9 Å². The largest absolute Gasteiger partial charge is 0.273 e. The molecule has 1 amide bonds. The Labute approximate surface area is 160 Å². The summed E-state index contributed by atoms with van der Waals surface area (Å²) in [6.07, 6.45) is 2.21. The van der Waals surface area contributed by atoms with Gasteiger partial charge in [0.05, 0.1) is 5.25 Å². The van der Waals surface area contributed by atoms with Crippen molar-refractivity contribution in [2.75, 3.05) is 4.90 Å². The van der Waals surface area contributed by atoms with Gasteiger partial charge in [0, 0.05) is 11.9 Å². The van der Waals surface area contributed by atoms with Gasteiger partial charge in [-0.25, -0.2) is 9.37 Å². The molecule has 0 N–H and O–H groups in total. The van der Waals surface area contributed by atoms with Crippen molar-refractivity contribution in [3.63, 3.8) is 0 Å². The molecule has 27 heavy (non-hydrogen) atoms. The number of halogens is 1. The number of rotatable bonds is 4. The first-order valence-corrected chi connectivity index (χ1v) is 9.38. The molecule has 1 aliphatic heterocycles. The van der Waals surface area contributed by atoms with E-state index in [1.54, 1.807) is 18.3 Å². The lowest BCUT2D eigenvalue weighted by Crippen LogP contribution is -2.23. The number of aromatic nitrogens is 1. The number of benzene rings is 2. The number of pyridine rings is 1. The number of carbonyl (C=O) groups excluding carboxylic acids is 1. The molecule has 0 radical (unpaired) electrons. The van der Waals surface area contributed by atoms with E-state index in [0.717, 1.165) is 11.3 Å². The number of aliphatic imine (C=N–C) groups is 1. The number of hydrogen-bond donors (Lipinski definition) is 0. The molecule has 134 valence electrons. The summed E-state index contributed by atoms with van der Waals surface area (Å²) < 4.78 is 13.1. The van der Waals surface area contributed by atoms with Gasteiger partial charge in [-0.05, 0) is 48.4 Å². The van der Waals surface area contributed by atoms with Crippen LogP contribution < -0.4 is 4.90 Å². The fourth-order valence-corrected chi connectivity index (χ4v) is 3.97. The highest BCUT2D eigenvalue weighted by atomic mass is 32.2. The second-order valence-corrected chi connectivity index (χ2v) is 7.20. The number of thioether (sulfide) groups is 1. The molecule has 1 unspecified atom stereocenters. The zero-order valence-corrected chi connectivity index (χ0v) is 15.1. The summed E-state index contributed by atoms with van der Waals surface area (Å²) in [7, 11) is 0. The molecule has 1 aromatic heterocycles. The van der Waals surface area contributed by atoms with E-state index in [9.17, 15) is 9.18 Å². The van der Waals surface area contributed by atoms with Gasteiger partial charge in [0.15, 0.2) is 5.17 Å². The highest BCUT2D eigenvalue weighted by Crippen LogP contribution is 2.34. The third-order valence-corrected chi connectivity index (χ3v) is 5.28. The molecule has 1 atom stereocenters. The summed E-state index contributed by atoms with van der Waals surface area (Å²) in [5, 5.41) is 0.261. The molecule has 4 nitrogen and oxygen atoms in total. The van der Waals surface area contributed by atoms with Crippen molar-refractivity contribution in [2.24, 2.45) is 4.99 Å². The Hall–Kier alpha value is -2.99. The van der Waals surface area contributed by atoms with Crippen LogP contribution in [0.15, 0.2) is 84.0 Å². The Morgan fingerprint density at radius 3 is 2.41 bits per heavy atom. The zero-order valence-electron chi connectivity index (χ0n) is 14.3. The smallest absolute Gasteiger partial charge is 0.262 e. The third kappa shape index (κ3) is 3.90. The van der Waals surface area contributed by atoms with E-state index in [2.05, 4.69) is 9.98 Å². The van der Waals surface area contributed by atoms with Gasteiger partial charge in [-0.15, -0.1) is 0 Å². The van der Waals surface area contributed by atoms with Crippen molar-refractivity contribution in [1.82, 2.24) is 4.98 Å². The molecule has 0 saturated heterocycles. The van der Waals surface area contributed by atoms with E-state index in [0.29, 0.717) is 17.4 Å². The van der Waals surface area contributed by atoms with Crippen LogP contribution in [0.5, 0.6) is 0 Å². The first-order valence-electron chi connectivity index (χ1n) is 8.50. The predicted octanol–water partition coefficient (Wildman–Crippen LogP) is 4.60. The monoisotopic (exact) mass is 377 g/mol. The highest BCUT2D eigenvalue weighted by molar-refractivity contribution is 8.15. The third-order valence-electron chi connectivity index (χ3n) is 4.15. The van der Waals surface area contributed by atoms with Crippen LogP contribution >= 0.6 is 11.8 Å². The molecule has 0 aliphatic carbocycles. The standard InChI is InChI=1S/C21H16FN3OS/c22-16-11-9-15(10-12-16)14-18-20(26)24-21(27-18)25(17-6-2-1-3-7-17)19-8-4-5-13-23-19/h1-13,18H,14H2. The molecule has 0 spiro atoms. The molecule has 0 saturated carbocycles. The fourth-order valence-electron chi connectivity index (χ4n) is 2.84. The number of hydrogen-bond acceptors (Lipinski definition) is 4. The van der Waals surface area contributed by atoms with Crippen LogP contribution in [-0.2, 0) is 11.2 Å². The zero-order chi connectivity index (χ0) is 18.6. The van der Waals surface area contributed by atoms with Crippen molar-refractivity contribution in [3.8, 4) is 0 Å². The topological polar surface area (TPSA) is 45.6 Å². The van der Waals surface area contributed by atoms with Crippen molar-refractivity contribution < 1.29 is 9.18 Å². The normalized spacial score (nSPS) is 16.3. The molecule has 1 aliphatic rings. The highest BCUT2D eigenvalue weighted by Gasteiger charge is 2.33. The molecule has 6 heteroatoms. The SMILES string of the molecule is O=C1N=C(N(c2ccccc2)c2ccccn2)SC1Cc1ccc(F)cc1. The van der Waals surface area contributed by atoms with Gasteiger partial charge in [-0.1, -0.05) is 48.2 Å². The molecule has 0 fully saturated rings. The van der Waals surface area contributed by atoms with E-state index in [4.69, 9.17) is 0 Å². The summed E-state index contributed by atoms with van der Waals surface area (Å²) in [5.74, 6) is 0.230. The van der Waals surface area contributed by atoms with E-state index in [1.165, 1.54) is 23.9 Å². The minimum Gasteiger partial charge on any atom is -0.273 e. The molecule has 3 aromatic rings. The number of carbonyl (C=O) groups is 1. The molecule has 0 bridgehead atoms. The van der Waals surface area contributed by atoms with Crippen molar-refractivity contribution in [2.45, 2.75) is 11.7 Å². The maximum absolute atomic E-state index is 13.1. The van der Waals surface area contributed by atoms with Crippen LogP contribution in [0.25, 0.3) is 0 Å². The molecule has 2 heterocycles. The maximum atomic E-state index is 13.1. The van der Waals surface area contributed by atoms with Crippen molar-refractivity contribution in [1.29, 1.82) is 0 Å². The lowest BCUT2D eigenvalue weighted by molar-refractivity contribution is -0.117. The summed E-state index contributed by atoms with van der Waals surface area (Å²) in [5.41, 5.74) is 1.79. The second kappa shape index (κ2) is 7.72. The van der Waals surface area contributed by atoms with Crippen LogP contribution in [0.1, 0.15) is 5.56 Å². The Kier molecular flexibility index (Phi) is 4.98. The van der Waals surface area contributed by atoms with Gasteiger partial charge >= 0.3 is 0 Å². The number of amides is 1. The minimum absolute atomic E-state index is 0.184. The predicted molar refractivity (Wildman–Crippen MR) is 107 cm³/mol. The lowest BCUT2D eigenvalue weighted by Gasteiger charge is -2.23. The fraction of sp³-hybridized carbons (Fsp3) is 0.0952. The first-order chi connectivity index (χ1) is 13.2. The van der Waals surface area contributed by atoms with Crippen LogP contribution in [-0.4, -0.2) is 21.3 Å². The summed E-state index contributed by atoms with van der Waals surface area (Å²) in [4.78, 5) is 23.1. The Morgan fingerprint density at radius 2 is 1.70 bits per heavy atom.